The number of rotatable bonds is 12. The molecule has 7 aromatic carbocycles. The van der Waals surface area contributed by atoms with Crippen LogP contribution in [0.4, 0.5) is 11.5 Å². The summed E-state index contributed by atoms with van der Waals surface area (Å²) in [6.45, 7) is 8.00. The Bertz CT molecular complexity index is 3630. The fourth-order valence-electron chi connectivity index (χ4n) is 9.05. The highest BCUT2D eigenvalue weighted by Gasteiger charge is 2.17. The Kier molecular flexibility index (Phi) is 13.0. The van der Waals surface area contributed by atoms with Gasteiger partial charge in [0.2, 0.25) is 0 Å². The summed E-state index contributed by atoms with van der Waals surface area (Å²) < 4.78 is 0. The van der Waals surface area contributed by atoms with Crippen LogP contribution in [-0.2, 0) is 22.4 Å². The summed E-state index contributed by atoms with van der Waals surface area (Å²) in [6, 6.07) is 42.4. The number of fused-ring (bicyclic) bond motifs is 4. The number of aromatic amines is 2. The summed E-state index contributed by atoms with van der Waals surface area (Å²) in [7, 11) is 0. The first-order chi connectivity index (χ1) is 33.8. The monoisotopic (exact) mass is 927 g/mol. The zero-order chi connectivity index (χ0) is 49.1. The molecule has 13 heteroatoms. The Balaban J connectivity index is 0.000000174. The van der Waals surface area contributed by atoms with Crippen molar-refractivity contribution in [1.29, 1.82) is 0 Å². The van der Waals surface area contributed by atoms with Crippen LogP contribution in [0.5, 0.6) is 0 Å². The van der Waals surface area contributed by atoms with Gasteiger partial charge in [-0.15, -0.1) is 0 Å². The second kappa shape index (κ2) is 19.7. The number of hydrogen-bond donors (Lipinski definition) is 6. The molecule has 3 heterocycles. The summed E-state index contributed by atoms with van der Waals surface area (Å²) in [5.74, 6) is -0.0805. The van der Waals surface area contributed by atoms with E-state index in [1.807, 2.05) is 143 Å². The van der Waals surface area contributed by atoms with Crippen molar-refractivity contribution in [3.63, 3.8) is 0 Å². The quantitative estimate of drug-likeness (QED) is 0.0689. The van der Waals surface area contributed by atoms with E-state index >= 15 is 0 Å². The molecule has 0 atom stereocenters. The number of nitrogens with zero attached hydrogens (tertiary/aromatic N) is 3. The molecule has 2 amide bonds. The van der Waals surface area contributed by atoms with E-state index < -0.39 is 11.9 Å². The molecular formula is C57H49N7O6. The van der Waals surface area contributed by atoms with Crippen molar-refractivity contribution < 1.29 is 29.4 Å². The minimum absolute atomic E-state index is 0.0992. The smallest absolute Gasteiger partial charge is 0.303 e. The van der Waals surface area contributed by atoms with Crippen LogP contribution in [0, 0.1) is 27.7 Å². The molecule has 0 aliphatic carbocycles. The van der Waals surface area contributed by atoms with Gasteiger partial charge in [0.1, 0.15) is 17.5 Å². The molecule has 0 fully saturated rings. The first kappa shape index (κ1) is 46.2. The van der Waals surface area contributed by atoms with Crippen LogP contribution in [0.15, 0.2) is 140 Å². The number of carboxylic acid groups (broad SMARTS) is 2. The Morgan fingerprint density at radius 3 is 1.53 bits per heavy atom. The number of aryl methyl sites for hydroxylation is 6. The van der Waals surface area contributed by atoms with Crippen LogP contribution in [-0.4, -0.2) is 58.9 Å². The normalized spacial score (nSPS) is 11.1. The van der Waals surface area contributed by atoms with Crippen LogP contribution < -0.4 is 10.6 Å². The van der Waals surface area contributed by atoms with E-state index in [0.717, 1.165) is 99.6 Å². The molecule has 0 saturated heterocycles. The van der Waals surface area contributed by atoms with Gasteiger partial charge in [-0.1, -0.05) is 78.9 Å². The summed E-state index contributed by atoms with van der Waals surface area (Å²) >= 11 is 0. The number of amides is 2. The number of pyridine rings is 1. The number of nitrogens with one attached hydrogen (secondary N) is 4. The molecule has 6 N–H and O–H groups in total. The number of carboxylic acids is 2. The van der Waals surface area contributed by atoms with E-state index in [-0.39, 0.29) is 24.7 Å². The lowest BCUT2D eigenvalue weighted by atomic mass is 9.97. The van der Waals surface area contributed by atoms with Gasteiger partial charge < -0.3 is 30.8 Å². The molecule has 10 rings (SSSR count). The second-order valence-electron chi connectivity index (χ2n) is 17.5. The molecule has 0 spiro atoms. The Morgan fingerprint density at radius 2 is 1.00 bits per heavy atom. The van der Waals surface area contributed by atoms with Gasteiger partial charge in [0.05, 0.1) is 22.1 Å². The predicted molar refractivity (Wildman–Crippen MR) is 276 cm³/mol. The zero-order valence-electron chi connectivity index (χ0n) is 39.0. The number of H-pyrrole nitrogens is 2. The lowest BCUT2D eigenvalue weighted by Crippen LogP contribution is -2.13. The van der Waals surface area contributed by atoms with Crippen molar-refractivity contribution in [2.45, 2.75) is 53.4 Å². The first-order valence-corrected chi connectivity index (χ1v) is 22.9. The van der Waals surface area contributed by atoms with Gasteiger partial charge >= 0.3 is 11.9 Å². The third kappa shape index (κ3) is 10.1. The molecule has 0 unspecified atom stereocenters. The van der Waals surface area contributed by atoms with E-state index in [2.05, 4.69) is 25.6 Å². The van der Waals surface area contributed by atoms with E-state index in [9.17, 15) is 19.2 Å². The summed E-state index contributed by atoms with van der Waals surface area (Å²) in [5.41, 5.74) is 12.9. The van der Waals surface area contributed by atoms with E-state index in [4.69, 9.17) is 20.2 Å². The Labute approximate surface area is 402 Å². The largest absolute Gasteiger partial charge is 0.481 e. The van der Waals surface area contributed by atoms with Gasteiger partial charge in [0.25, 0.3) is 11.8 Å². The summed E-state index contributed by atoms with van der Waals surface area (Å²) in [5, 5.41) is 27.9. The van der Waals surface area contributed by atoms with Crippen molar-refractivity contribution in [2.75, 3.05) is 10.6 Å². The molecule has 348 valence electrons. The number of carbonyl (C=O) groups is 4. The molecule has 0 aliphatic heterocycles. The van der Waals surface area contributed by atoms with E-state index in [0.29, 0.717) is 35.6 Å². The van der Waals surface area contributed by atoms with Crippen LogP contribution in [0.3, 0.4) is 0 Å². The second-order valence-corrected chi connectivity index (χ2v) is 17.5. The Morgan fingerprint density at radius 1 is 0.514 bits per heavy atom. The molecule has 0 radical (unpaired) electrons. The summed E-state index contributed by atoms with van der Waals surface area (Å²) in [6.07, 6.45) is 2.86. The maximum Gasteiger partial charge on any atom is 0.303 e. The Hall–Kier alpha value is -8.97. The fourth-order valence-corrected chi connectivity index (χ4v) is 9.05. The van der Waals surface area contributed by atoms with E-state index in [1.54, 1.807) is 24.4 Å². The van der Waals surface area contributed by atoms with Crippen LogP contribution in [0.2, 0.25) is 0 Å². The highest BCUT2D eigenvalue weighted by Crippen LogP contribution is 2.31. The third-order valence-corrected chi connectivity index (χ3v) is 12.3. The van der Waals surface area contributed by atoms with Crippen LogP contribution >= 0.6 is 0 Å². The standard InChI is InChI=1S/C29H25N3O3.C28H24N4O3/c1-17-13-19(7-12-26(33)34)14-18(2)27(17)28-31-24-11-9-22(16-25(24)32-28)29(35)30-23-10-8-20-5-3-4-6-21(20)15-23;1-16-13-18(7-10-24(33)34)14-17(2)25(16)27-30-22-9-8-20(15-23(22)31-27)28(35)32-26-21-6-4-3-5-19(21)11-12-29-26/h3-6,8-11,13-16H,7,12H2,1-2H3,(H,30,35)(H,31,32)(H,33,34);3-6,8-9,11-15H,7,10H2,1-2H3,(H,30,31)(H,33,34)(H,29,32,35). The fraction of sp³-hybridized carbons (Fsp3) is 0.140. The molecule has 3 aromatic heterocycles. The minimum atomic E-state index is -0.808. The lowest BCUT2D eigenvalue weighted by Gasteiger charge is -2.10. The molecule has 10 aromatic rings. The highest BCUT2D eigenvalue weighted by atomic mass is 16.4. The number of aromatic nitrogens is 5. The molecular weight excluding hydrogens is 879 g/mol. The van der Waals surface area contributed by atoms with Crippen molar-refractivity contribution in [1.82, 2.24) is 24.9 Å². The average molecular weight is 928 g/mol. The van der Waals surface area contributed by atoms with Crippen LogP contribution in [0.1, 0.15) is 66.9 Å². The van der Waals surface area contributed by atoms with Gasteiger partial charge in [-0.25, -0.2) is 15.0 Å². The first-order valence-electron chi connectivity index (χ1n) is 22.9. The van der Waals surface area contributed by atoms with Gasteiger partial charge in [-0.05, 0) is 145 Å². The number of carbonyl (C=O) groups excluding carboxylic acids is 2. The average Bonchev–Trinajstić information content (AvgIpc) is 3.96. The maximum absolute atomic E-state index is 13.0. The van der Waals surface area contributed by atoms with Crippen molar-refractivity contribution >= 4 is 78.9 Å². The molecule has 13 nitrogen and oxygen atoms in total. The highest BCUT2D eigenvalue weighted by molar-refractivity contribution is 6.09. The van der Waals surface area contributed by atoms with Crippen molar-refractivity contribution in [3.05, 3.63) is 184 Å². The van der Waals surface area contributed by atoms with Crippen molar-refractivity contribution in [3.8, 4) is 22.8 Å². The van der Waals surface area contributed by atoms with Gasteiger partial charge in [-0.2, -0.15) is 0 Å². The van der Waals surface area contributed by atoms with E-state index in [1.165, 1.54) is 0 Å². The number of benzene rings is 7. The number of anilines is 2. The molecule has 0 aliphatic rings. The van der Waals surface area contributed by atoms with Crippen molar-refractivity contribution in [2.24, 2.45) is 0 Å². The van der Waals surface area contributed by atoms with Gasteiger partial charge in [-0.3, -0.25) is 19.2 Å². The topological polar surface area (TPSA) is 203 Å². The lowest BCUT2D eigenvalue weighted by molar-refractivity contribution is -0.138. The number of aliphatic carboxylic acids is 2. The molecule has 0 bridgehead atoms. The minimum Gasteiger partial charge on any atom is -0.481 e. The number of hydrogen-bond acceptors (Lipinski definition) is 7. The SMILES string of the molecule is Cc1cc(CCC(=O)O)cc(C)c1-c1nc2ccc(C(=O)Nc3ccc4ccccc4c3)cc2[nH]1.Cc1cc(CCC(=O)O)cc(C)c1-c1nc2ccc(C(=O)Nc3nccc4ccccc34)cc2[nH]1. The molecule has 0 saturated carbocycles. The zero-order valence-corrected chi connectivity index (χ0v) is 39.0. The summed E-state index contributed by atoms with van der Waals surface area (Å²) in [4.78, 5) is 68.3. The predicted octanol–water partition coefficient (Wildman–Crippen LogP) is 11.9. The van der Waals surface area contributed by atoms with Gasteiger partial charge in [0.15, 0.2) is 0 Å². The maximum atomic E-state index is 13.0. The number of imidazole rings is 2. The van der Waals surface area contributed by atoms with Crippen LogP contribution in [0.25, 0.3) is 66.4 Å². The third-order valence-electron chi connectivity index (χ3n) is 12.3. The van der Waals surface area contributed by atoms with Gasteiger partial charge in [0, 0.05) is 52.4 Å². The molecule has 70 heavy (non-hydrogen) atoms.